The Morgan fingerprint density at radius 1 is 1.65 bits per heavy atom. The third kappa shape index (κ3) is 2.16. The first-order valence-corrected chi connectivity index (χ1v) is 4.86. The summed E-state index contributed by atoms with van der Waals surface area (Å²) in [5.41, 5.74) is 5.40. The van der Waals surface area contributed by atoms with Crippen molar-refractivity contribution in [3.8, 4) is 0 Å². The second-order valence-electron chi connectivity index (χ2n) is 3.05. The van der Waals surface area contributed by atoms with E-state index in [0.29, 0.717) is 11.7 Å². The van der Waals surface area contributed by atoms with Gasteiger partial charge in [-0.15, -0.1) is 0 Å². The maximum Gasteiger partial charge on any atom is 0.289 e. The highest BCUT2D eigenvalue weighted by Gasteiger charge is 2.20. The fourth-order valence-corrected chi connectivity index (χ4v) is 1.45. The minimum atomic E-state index is -0.563. The van der Waals surface area contributed by atoms with Crippen molar-refractivity contribution in [2.45, 2.75) is 0 Å². The van der Waals surface area contributed by atoms with Crippen molar-refractivity contribution >= 4 is 23.1 Å². The third-order valence-electron chi connectivity index (χ3n) is 2.00. The zero-order valence-corrected chi connectivity index (χ0v) is 9.43. The maximum atomic E-state index is 10.5. The molecule has 0 amide bonds. The first kappa shape index (κ1) is 11.3. The van der Waals surface area contributed by atoms with Crippen molar-refractivity contribution in [3.63, 3.8) is 0 Å². The normalized spacial score (nSPS) is 13.8. The van der Waals surface area contributed by atoms with Crippen LogP contribution in [-0.2, 0) is 4.74 Å². The van der Waals surface area contributed by atoms with Crippen LogP contribution in [0.2, 0.25) is 5.02 Å². The molecule has 0 fully saturated rings. The number of rotatable bonds is 3. The molecule has 1 aromatic heterocycles. The van der Waals surface area contributed by atoms with Gasteiger partial charge < -0.3 is 4.74 Å². The number of nitro groups is 1. The Balaban J connectivity index is 2.21. The molecule has 1 aromatic rings. The van der Waals surface area contributed by atoms with E-state index in [-0.39, 0.29) is 10.7 Å². The Bertz CT molecular complexity index is 492. The Hall–Kier alpha value is -2.22. The minimum Gasteiger partial charge on any atom is -0.480 e. The highest BCUT2D eigenvalue weighted by Crippen LogP contribution is 2.26. The second-order valence-corrected chi connectivity index (χ2v) is 3.45. The van der Waals surface area contributed by atoms with Crippen LogP contribution in [0.3, 0.4) is 0 Å². The third-order valence-corrected chi connectivity index (χ3v) is 2.27. The lowest BCUT2D eigenvalue weighted by Gasteiger charge is -2.18. The average molecular weight is 258 g/mol. The quantitative estimate of drug-likeness (QED) is 0.614. The number of hydrogen-bond acceptors (Lipinski definition) is 7. The summed E-state index contributed by atoms with van der Waals surface area (Å²) in [7, 11) is 1.49. The van der Waals surface area contributed by atoms with Crippen LogP contribution in [0, 0.1) is 10.1 Å². The first-order valence-electron chi connectivity index (χ1n) is 4.49. The van der Waals surface area contributed by atoms with Crippen molar-refractivity contribution < 1.29 is 9.66 Å². The number of hydrazine groups is 2. The lowest BCUT2D eigenvalue weighted by molar-refractivity contribution is -0.385. The number of pyridine rings is 1. The molecule has 0 aliphatic carbocycles. The zero-order valence-electron chi connectivity index (χ0n) is 8.68. The summed E-state index contributed by atoms with van der Waals surface area (Å²) >= 11 is 5.89. The maximum absolute atomic E-state index is 10.5. The number of anilines is 1. The number of hydrogen-bond donors (Lipinski definition) is 2. The van der Waals surface area contributed by atoms with Crippen molar-refractivity contribution in [1.29, 1.82) is 0 Å². The second kappa shape index (κ2) is 4.34. The summed E-state index contributed by atoms with van der Waals surface area (Å²) in [5.74, 6) is 0.779. The van der Waals surface area contributed by atoms with Gasteiger partial charge in [0.15, 0.2) is 5.82 Å². The molecule has 1 aliphatic heterocycles. The van der Waals surface area contributed by atoms with Crippen LogP contribution in [0.4, 0.5) is 11.5 Å². The lowest BCUT2D eigenvalue weighted by atomic mass is 10.4. The molecule has 0 unspecified atom stereocenters. The van der Waals surface area contributed by atoms with Crippen molar-refractivity contribution in [2.24, 2.45) is 0 Å². The predicted molar refractivity (Wildman–Crippen MR) is 59.7 cm³/mol. The fraction of sp³-hybridized carbons (Fsp3) is 0.125. The Morgan fingerprint density at radius 2 is 2.41 bits per heavy atom. The van der Waals surface area contributed by atoms with Crippen LogP contribution in [0.5, 0.6) is 0 Å². The van der Waals surface area contributed by atoms with E-state index in [2.05, 4.69) is 15.8 Å². The monoisotopic (exact) mass is 257 g/mol. The van der Waals surface area contributed by atoms with Gasteiger partial charge in [-0.1, -0.05) is 11.6 Å². The van der Waals surface area contributed by atoms with Gasteiger partial charge in [0, 0.05) is 6.07 Å². The molecule has 8 nitrogen and oxygen atoms in total. The summed E-state index contributed by atoms with van der Waals surface area (Å²) in [5, 5.41) is 12.0. The van der Waals surface area contributed by atoms with Crippen LogP contribution in [0.1, 0.15) is 0 Å². The standard InChI is InChI=1S/C8H8ClN5O3/c1-17-7-4-11-13(12-7)8-6(9)2-5(3-10-8)14(15)16/h2-4,11-12H,1H3. The van der Waals surface area contributed by atoms with E-state index >= 15 is 0 Å². The van der Waals surface area contributed by atoms with E-state index < -0.39 is 4.92 Å². The molecule has 90 valence electrons. The van der Waals surface area contributed by atoms with Crippen molar-refractivity contribution in [2.75, 3.05) is 12.2 Å². The lowest BCUT2D eigenvalue weighted by Crippen LogP contribution is -2.40. The minimum absolute atomic E-state index is 0.143. The summed E-state index contributed by atoms with van der Waals surface area (Å²) < 4.78 is 4.93. The van der Waals surface area contributed by atoms with Gasteiger partial charge in [-0.3, -0.25) is 15.5 Å². The summed E-state index contributed by atoms with van der Waals surface area (Å²) in [6.45, 7) is 0. The number of halogens is 1. The van der Waals surface area contributed by atoms with E-state index in [4.69, 9.17) is 16.3 Å². The van der Waals surface area contributed by atoms with Crippen LogP contribution in [0.25, 0.3) is 0 Å². The van der Waals surface area contributed by atoms with Crippen LogP contribution in [0.15, 0.2) is 24.3 Å². The van der Waals surface area contributed by atoms with Gasteiger partial charge in [0.25, 0.3) is 5.69 Å². The highest BCUT2D eigenvalue weighted by atomic mass is 35.5. The Labute approximate surface area is 101 Å². The average Bonchev–Trinajstić information content (AvgIpc) is 2.77. The smallest absolute Gasteiger partial charge is 0.289 e. The van der Waals surface area contributed by atoms with Gasteiger partial charge in [0.2, 0.25) is 5.88 Å². The number of methoxy groups -OCH3 is 1. The summed E-state index contributed by atoms with van der Waals surface area (Å²) in [6.07, 6.45) is 2.68. The van der Waals surface area contributed by atoms with E-state index in [0.717, 1.165) is 6.20 Å². The molecule has 0 radical (unpaired) electrons. The molecule has 17 heavy (non-hydrogen) atoms. The largest absolute Gasteiger partial charge is 0.480 e. The van der Waals surface area contributed by atoms with Gasteiger partial charge in [-0.2, -0.15) is 5.12 Å². The molecular formula is C8H8ClN5O3. The topological polar surface area (TPSA) is 92.6 Å². The molecule has 0 spiro atoms. The summed E-state index contributed by atoms with van der Waals surface area (Å²) in [4.78, 5) is 13.8. The van der Waals surface area contributed by atoms with Gasteiger partial charge in [-0.25, -0.2) is 10.4 Å². The molecule has 0 saturated carbocycles. The zero-order chi connectivity index (χ0) is 12.4. The van der Waals surface area contributed by atoms with E-state index in [1.165, 1.54) is 18.3 Å². The van der Waals surface area contributed by atoms with E-state index in [1.807, 2.05) is 0 Å². The number of nitrogens with one attached hydrogen (secondary N) is 2. The molecule has 0 bridgehead atoms. The molecule has 2 N–H and O–H groups in total. The van der Waals surface area contributed by atoms with E-state index in [1.54, 1.807) is 6.20 Å². The molecule has 1 aliphatic rings. The molecule has 9 heteroatoms. The number of nitrogens with zero attached hydrogens (tertiary/aromatic N) is 3. The molecule has 2 heterocycles. The Morgan fingerprint density at radius 3 is 2.94 bits per heavy atom. The van der Waals surface area contributed by atoms with Gasteiger partial charge in [0.05, 0.1) is 23.3 Å². The van der Waals surface area contributed by atoms with Crippen LogP contribution in [-0.4, -0.2) is 17.0 Å². The van der Waals surface area contributed by atoms with Gasteiger partial charge in [-0.05, 0) is 0 Å². The van der Waals surface area contributed by atoms with Crippen LogP contribution >= 0.6 is 11.6 Å². The summed E-state index contributed by atoms with van der Waals surface area (Å²) in [6, 6.07) is 1.22. The van der Waals surface area contributed by atoms with Gasteiger partial charge in [0.1, 0.15) is 6.20 Å². The highest BCUT2D eigenvalue weighted by molar-refractivity contribution is 6.33. The predicted octanol–water partition coefficient (Wildman–Crippen LogP) is 0.918. The van der Waals surface area contributed by atoms with Gasteiger partial charge >= 0.3 is 0 Å². The van der Waals surface area contributed by atoms with E-state index in [9.17, 15) is 10.1 Å². The fourth-order valence-electron chi connectivity index (χ4n) is 1.20. The van der Waals surface area contributed by atoms with Crippen molar-refractivity contribution in [1.82, 2.24) is 15.8 Å². The first-order chi connectivity index (χ1) is 8.11. The SMILES string of the molecule is COC1=CNN(c2ncc([N+](=O)[O-])cc2Cl)N1. The number of aromatic nitrogens is 1. The molecule has 2 rings (SSSR count). The number of ether oxygens (including phenoxy) is 1. The molecule has 0 saturated heterocycles. The molecule has 0 atom stereocenters. The van der Waals surface area contributed by atoms with Crippen LogP contribution < -0.4 is 16.0 Å². The van der Waals surface area contributed by atoms with Crippen molar-refractivity contribution in [3.05, 3.63) is 39.5 Å². The molecular weight excluding hydrogens is 250 g/mol. The molecule has 0 aromatic carbocycles. The Kier molecular flexibility index (Phi) is 2.88.